The highest BCUT2D eigenvalue weighted by molar-refractivity contribution is 7.89. The fraction of sp³-hybridized carbons (Fsp3) is 0.364. The lowest BCUT2D eigenvalue weighted by molar-refractivity contribution is 0.0632. The van der Waals surface area contributed by atoms with Crippen LogP contribution in [0.15, 0.2) is 28.2 Å². The maximum atomic E-state index is 12.1. The van der Waals surface area contributed by atoms with E-state index in [1.54, 1.807) is 18.5 Å². The molecule has 0 amide bonds. The van der Waals surface area contributed by atoms with Crippen LogP contribution in [0, 0.1) is 0 Å². The van der Waals surface area contributed by atoms with Crippen molar-refractivity contribution in [3.8, 4) is 0 Å². The maximum absolute atomic E-state index is 12.1. The summed E-state index contributed by atoms with van der Waals surface area (Å²) in [6.07, 6.45) is 1.31. The summed E-state index contributed by atoms with van der Waals surface area (Å²) in [6, 6.07) is 1.74. The number of nitrogens with one attached hydrogen (secondary N) is 1. The summed E-state index contributed by atoms with van der Waals surface area (Å²) in [4.78, 5) is 3.75. The Kier molecular flexibility index (Phi) is 4.22. The minimum Gasteiger partial charge on any atom is -0.384 e. The first-order valence-corrected chi connectivity index (χ1v) is 8.46. The highest BCUT2D eigenvalue weighted by Gasteiger charge is 2.29. The first kappa shape index (κ1) is 15.5. The number of sulfonamides is 1. The van der Waals surface area contributed by atoms with Gasteiger partial charge in [-0.3, -0.25) is 0 Å². The molecule has 2 aromatic rings. The molecule has 2 N–H and O–H groups in total. The van der Waals surface area contributed by atoms with Crippen molar-refractivity contribution in [3.63, 3.8) is 0 Å². The van der Waals surface area contributed by atoms with Gasteiger partial charge in [-0.1, -0.05) is 11.6 Å². The molecule has 2 rings (SSSR count). The highest BCUT2D eigenvalue weighted by atomic mass is 35.5. The maximum Gasteiger partial charge on any atom is 0.261 e. The number of imidazole rings is 1. The molecule has 6 nitrogen and oxygen atoms in total. The van der Waals surface area contributed by atoms with Crippen molar-refractivity contribution in [1.29, 1.82) is 0 Å². The van der Waals surface area contributed by atoms with Crippen molar-refractivity contribution < 1.29 is 13.5 Å². The van der Waals surface area contributed by atoms with Crippen LogP contribution in [0.1, 0.15) is 12.5 Å². The fourth-order valence-corrected chi connectivity index (χ4v) is 3.89. The Morgan fingerprint density at radius 1 is 1.60 bits per heavy atom. The Hall–Kier alpha value is -0.930. The van der Waals surface area contributed by atoms with E-state index in [1.807, 2.05) is 5.38 Å². The molecular weight excluding hydrogens is 322 g/mol. The average Bonchev–Trinajstić information content (AvgIpc) is 2.99. The van der Waals surface area contributed by atoms with Crippen LogP contribution in [0.5, 0.6) is 0 Å². The summed E-state index contributed by atoms with van der Waals surface area (Å²) in [5, 5.41) is 13.6. The molecule has 1 unspecified atom stereocenters. The lowest BCUT2D eigenvalue weighted by Gasteiger charge is -2.22. The molecule has 9 heteroatoms. The van der Waals surface area contributed by atoms with Crippen LogP contribution >= 0.6 is 22.9 Å². The Labute approximate surface area is 126 Å². The molecule has 0 radical (unpaired) electrons. The molecule has 110 valence electrons. The molecule has 0 saturated heterocycles. The predicted octanol–water partition coefficient (Wildman–Crippen LogP) is 1.32. The van der Waals surface area contributed by atoms with Gasteiger partial charge in [0.05, 0.1) is 6.33 Å². The molecule has 0 aliphatic heterocycles. The normalized spacial score (nSPS) is 15.2. The van der Waals surface area contributed by atoms with E-state index < -0.39 is 15.6 Å². The third-order valence-electron chi connectivity index (χ3n) is 2.84. The van der Waals surface area contributed by atoms with Crippen LogP contribution in [-0.2, 0) is 22.7 Å². The number of hydrogen-bond donors (Lipinski definition) is 2. The van der Waals surface area contributed by atoms with Gasteiger partial charge in [0.1, 0.15) is 10.8 Å². The van der Waals surface area contributed by atoms with Gasteiger partial charge in [-0.15, -0.1) is 0 Å². The summed E-state index contributed by atoms with van der Waals surface area (Å²) in [6.45, 7) is 1.37. The van der Waals surface area contributed by atoms with Crippen LogP contribution in [0.4, 0.5) is 0 Å². The standard InChI is InChI=1S/C11H14ClN3O3S2/c1-11(16,8-3-4-19-5-8)6-14-20(17,18)10-9(12)15(2)7-13-10/h3-5,7,14,16H,6H2,1-2H3. The Morgan fingerprint density at radius 2 is 2.30 bits per heavy atom. The number of aryl methyl sites for hydroxylation is 1. The number of rotatable bonds is 5. The number of halogens is 1. The second-order valence-electron chi connectivity index (χ2n) is 4.56. The molecule has 0 spiro atoms. The molecule has 20 heavy (non-hydrogen) atoms. The Bertz CT molecular complexity index is 693. The first-order chi connectivity index (χ1) is 9.24. The summed E-state index contributed by atoms with van der Waals surface area (Å²) in [5.41, 5.74) is -0.647. The van der Waals surface area contributed by atoms with Crippen LogP contribution in [0.3, 0.4) is 0 Å². The monoisotopic (exact) mass is 335 g/mol. The van der Waals surface area contributed by atoms with Gasteiger partial charge in [0.2, 0.25) is 5.03 Å². The summed E-state index contributed by atoms with van der Waals surface area (Å²) >= 11 is 7.29. The topological polar surface area (TPSA) is 84.2 Å². The quantitative estimate of drug-likeness (QED) is 0.863. The zero-order valence-corrected chi connectivity index (χ0v) is 13.3. The SMILES string of the molecule is Cn1cnc(S(=O)(=O)NCC(C)(O)c2ccsc2)c1Cl. The van der Waals surface area contributed by atoms with Gasteiger partial charge in [-0.25, -0.2) is 18.1 Å². The van der Waals surface area contributed by atoms with Crippen molar-refractivity contribution in [2.24, 2.45) is 7.05 Å². The molecular formula is C11H14ClN3O3S2. The van der Waals surface area contributed by atoms with Gasteiger partial charge in [0.25, 0.3) is 10.0 Å². The highest BCUT2D eigenvalue weighted by Crippen LogP contribution is 2.24. The van der Waals surface area contributed by atoms with E-state index in [-0.39, 0.29) is 16.7 Å². The number of thiophene rings is 1. The number of hydrogen-bond acceptors (Lipinski definition) is 5. The van der Waals surface area contributed by atoms with Crippen LogP contribution in [0.2, 0.25) is 5.15 Å². The Morgan fingerprint density at radius 3 is 2.80 bits per heavy atom. The van der Waals surface area contributed by atoms with E-state index in [0.29, 0.717) is 5.56 Å². The van der Waals surface area contributed by atoms with E-state index in [0.717, 1.165) is 0 Å². The van der Waals surface area contributed by atoms with Crippen LogP contribution < -0.4 is 4.72 Å². The van der Waals surface area contributed by atoms with Gasteiger partial charge >= 0.3 is 0 Å². The van der Waals surface area contributed by atoms with Crippen molar-refractivity contribution >= 4 is 33.0 Å². The average molecular weight is 336 g/mol. The molecule has 0 aliphatic rings. The van der Waals surface area contributed by atoms with Gasteiger partial charge in [0.15, 0.2) is 0 Å². The van der Waals surface area contributed by atoms with Crippen LogP contribution in [0.25, 0.3) is 0 Å². The summed E-state index contributed by atoms with van der Waals surface area (Å²) < 4.78 is 27.9. The molecule has 0 aliphatic carbocycles. The van der Waals surface area contributed by atoms with Crippen molar-refractivity contribution in [1.82, 2.24) is 14.3 Å². The molecule has 1 atom stereocenters. The summed E-state index contributed by atoms with van der Waals surface area (Å²) in [5.74, 6) is 0. The number of aliphatic hydroxyl groups is 1. The number of aromatic nitrogens is 2. The lowest BCUT2D eigenvalue weighted by Crippen LogP contribution is -2.38. The van der Waals surface area contributed by atoms with E-state index in [1.165, 1.54) is 29.2 Å². The van der Waals surface area contributed by atoms with Gasteiger partial charge in [0, 0.05) is 13.6 Å². The minimum atomic E-state index is -3.86. The third kappa shape index (κ3) is 3.04. The van der Waals surface area contributed by atoms with E-state index in [9.17, 15) is 13.5 Å². The predicted molar refractivity (Wildman–Crippen MR) is 77.3 cm³/mol. The van der Waals surface area contributed by atoms with Crippen molar-refractivity contribution in [3.05, 3.63) is 33.9 Å². The fourth-order valence-electron chi connectivity index (χ4n) is 1.55. The van der Waals surface area contributed by atoms with Gasteiger partial charge in [-0.2, -0.15) is 11.3 Å². The van der Waals surface area contributed by atoms with Crippen molar-refractivity contribution in [2.45, 2.75) is 17.6 Å². The Balaban J connectivity index is 2.16. The van der Waals surface area contributed by atoms with Gasteiger partial charge < -0.3 is 9.67 Å². The van der Waals surface area contributed by atoms with E-state index in [4.69, 9.17) is 11.6 Å². The second-order valence-corrected chi connectivity index (χ2v) is 7.38. The van der Waals surface area contributed by atoms with Gasteiger partial charge in [-0.05, 0) is 29.3 Å². The molecule has 0 saturated carbocycles. The molecule has 0 fully saturated rings. The minimum absolute atomic E-state index is 0.0210. The smallest absolute Gasteiger partial charge is 0.261 e. The van der Waals surface area contributed by atoms with E-state index >= 15 is 0 Å². The van der Waals surface area contributed by atoms with Crippen molar-refractivity contribution in [2.75, 3.05) is 6.54 Å². The van der Waals surface area contributed by atoms with E-state index in [2.05, 4.69) is 9.71 Å². The molecule has 2 heterocycles. The second kappa shape index (κ2) is 5.45. The lowest BCUT2D eigenvalue weighted by atomic mass is 10.0. The molecule has 0 bridgehead atoms. The molecule has 2 aromatic heterocycles. The zero-order chi connectivity index (χ0) is 15.0. The van der Waals surface area contributed by atoms with Crippen LogP contribution in [-0.4, -0.2) is 29.6 Å². The third-order valence-corrected chi connectivity index (χ3v) is 5.41. The number of nitrogens with zero attached hydrogens (tertiary/aromatic N) is 2. The summed E-state index contributed by atoms with van der Waals surface area (Å²) in [7, 11) is -2.27. The molecule has 0 aromatic carbocycles. The largest absolute Gasteiger partial charge is 0.384 e. The first-order valence-electron chi connectivity index (χ1n) is 5.65. The zero-order valence-electron chi connectivity index (χ0n) is 10.9.